The zero-order valence-corrected chi connectivity index (χ0v) is 14.2. The van der Waals surface area contributed by atoms with Crippen molar-refractivity contribution >= 4 is 21.6 Å². The number of alkyl halides is 1. The van der Waals surface area contributed by atoms with Crippen molar-refractivity contribution in [1.82, 2.24) is 4.31 Å². The Kier molecular flexibility index (Phi) is 6.55. The van der Waals surface area contributed by atoms with Crippen molar-refractivity contribution in [1.29, 1.82) is 0 Å². The van der Waals surface area contributed by atoms with Crippen LogP contribution in [0.1, 0.15) is 45.1 Å². The third-order valence-corrected chi connectivity index (χ3v) is 5.95. The smallest absolute Gasteiger partial charge is 0.246 e. The number of hydrogen-bond acceptors (Lipinski definition) is 3. The van der Waals surface area contributed by atoms with E-state index in [1.165, 1.54) is 10.4 Å². The Morgan fingerprint density at radius 2 is 1.90 bits per heavy atom. The molecule has 0 atom stereocenters. The van der Waals surface area contributed by atoms with Crippen molar-refractivity contribution in [3.8, 4) is 0 Å². The lowest BCUT2D eigenvalue weighted by atomic mass is 10.0. The maximum absolute atomic E-state index is 12.7. The van der Waals surface area contributed by atoms with Gasteiger partial charge in [-0.25, -0.2) is 8.42 Å². The van der Waals surface area contributed by atoms with Crippen molar-refractivity contribution < 1.29 is 12.8 Å². The van der Waals surface area contributed by atoms with Gasteiger partial charge in [-0.1, -0.05) is 33.6 Å². The maximum atomic E-state index is 12.7. The summed E-state index contributed by atoms with van der Waals surface area (Å²) in [6, 6.07) is 1.53. The van der Waals surface area contributed by atoms with Crippen LogP contribution >= 0.6 is 11.6 Å². The van der Waals surface area contributed by atoms with E-state index in [2.05, 4.69) is 13.8 Å². The molecule has 0 aliphatic heterocycles. The summed E-state index contributed by atoms with van der Waals surface area (Å²) in [7, 11) is -3.51. The Morgan fingerprint density at radius 3 is 2.30 bits per heavy atom. The van der Waals surface area contributed by atoms with E-state index >= 15 is 0 Å². The second-order valence-electron chi connectivity index (χ2n) is 4.90. The lowest BCUT2D eigenvalue weighted by molar-refractivity contribution is 0.338. The van der Waals surface area contributed by atoms with Crippen molar-refractivity contribution in [2.45, 2.75) is 51.3 Å². The Morgan fingerprint density at radius 1 is 1.30 bits per heavy atom. The predicted molar refractivity (Wildman–Crippen MR) is 81.5 cm³/mol. The van der Waals surface area contributed by atoms with E-state index in [-0.39, 0.29) is 10.8 Å². The summed E-state index contributed by atoms with van der Waals surface area (Å²) in [5, 5.41) is 0. The summed E-state index contributed by atoms with van der Waals surface area (Å²) in [6.45, 7) is 8.70. The van der Waals surface area contributed by atoms with Gasteiger partial charge in [-0.2, -0.15) is 4.31 Å². The molecule has 0 saturated heterocycles. The van der Waals surface area contributed by atoms with Gasteiger partial charge in [0.05, 0.1) is 5.88 Å². The van der Waals surface area contributed by atoms with E-state index in [4.69, 9.17) is 16.0 Å². The predicted octanol–water partition coefficient (Wildman–Crippen LogP) is 3.77. The Bertz CT molecular complexity index is 521. The number of halogens is 1. The normalized spacial score (nSPS) is 12.6. The van der Waals surface area contributed by atoms with Gasteiger partial charge in [-0.3, -0.25) is 0 Å². The lowest BCUT2D eigenvalue weighted by Gasteiger charge is -2.24. The monoisotopic (exact) mass is 321 g/mol. The summed E-state index contributed by atoms with van der Waals surface area (Å²) in [4.78, 5) is 0.237. The van der Waals surface area contributed by atoms with Crippen LogP contribution in [0.25, 0.3) is 0 Å². The number of nitrogens with zero attached hydrogens (tertiary/aromatic N) is 1. The van der Waals surface area contributed by atoms with Crippen LogP contribution in [0.4, 0.5) is 0 Å². The Labute approximate surface area is 127 Å². The van der Waals surface area contributed by atoms with Crippen LogP contribution in [0, 0.1) is 12.8 Å². The van der Waals surface area contributed by atoms with Gasteiger partial charge in [-0.15, -0.1) is 11.6 Å². The summed E-state index contributed by atoms with van der Waals surface area (Å²) < 4.78 is 32.3. The first-order valence-corrected chi connectivity index (χ1v) is 9.03. The third kappa shape index (κ3) is 3.77. The van der Waals surface area contributed by atoms with Gasteiger partial charge in [-0.05, 0) is 12.8 Å². The molecule has 1 aromatic heterocycles. The van der Waals surface area contributed by atoms with Crippen molar-refractivity contribution in [2.75, 3.05) is 13.1 Å². The van der Waals surface area contributed by atoms with E-state index in [9.17, 15) is 8.42 Å². The molecule has 0 saturated carbocycles. The summed E-state index contributed by atoms with van der Waals surface area (Å²) in [5.74, 6) is 1.45. The highest BCUT2D eigenvalue weighted by molar-refractivity contribution is 7.89. The zero-order valence-electron chi connectivity index (χ0n) is 12.6. The van der Waals surface area contributed by atoms with Gasteiger partial charge in [0, 0.05) is 19.2 Å². The molecule has 6 heteroatoms. The highest BCUT2D eigenvalue weighted by Crippen LogP contribution is 2.25. The molecule has 4 nitrogen and oxygen atoms in total. The standard InChI is InChI=1S/C14H24ClNO3S/c1-5-12(6-2)10-16(7-3)20(17,18)14-8-13(9-15)19-11(14)4/h8,12H,5-7,9-10H2,1-4H3. The Hall–Kier alpha value is -0.520. The van der Waals surface area contributed by atoms with Crippen LogP contribution in [-0.4, -0.2) is 25.8 Å². The minimum atomic E-state index is -3.51. The van der Waals surface area contributed by atoms with E-state index < -0.39 is 10.0 Å². The third-order valence-electron chi connectivity index (χ3n) is 3.64. The molecule has 0 unspecified atom stereocenters. The minimum Gasteiger partial charge on any atom is -0.464 e. The molecule has 0 aliphatic rings. The van der Waals surface area contributed by atoms with E-state index in [1.807, 2.05) is 6.92 Å². The minimum absolute atomic E-state index is 0.176. The summed E-state index contributed by atoms with van der Waals surface area (Å²) in [5.41, 5.74) is 0. The lowest BCUT2D eigenvalue weighted by Crippen LogP contribution is -2.35. The fourth-order valence-electron chi connectivity index (χ4n) is 2.22. The molecular weight excluding hydrogens is 298 g/mol. The first kappa shape index (κ1) is 17.5. The van der Waals surface area contributed by atoms with Gasteiger partial charge in [0.2, 0.25) is 10.0 Å². The average molecular weight is 322 g/mol. The number of rotatable bonds is 8. The molecule has 0 spiro atoms. The van der Waals surface area contributed by atoms with Gasteiger partial charge in [0.15, 0.2) is 0 Å². The number of aryl methyl sites for hydroxylation is 1. The molecule has 0 bridgehead atoms. The van der Waals surface area contributed by atoms with E-state index in [1.54, 1.807) is 6.92 Å². The van der Waals surface area contributed by atoms with E-state index in [0.717, 1.165) is 12.8 Å². The average Bonchev–Trinajstić information content (AvgIpc) is 2.82. The SMILES string of the molecule is CCC(CC)CN(CC)S(=O)(=O)c1cc(CCl)oc1C. The highest BCUT2D eigenvalue weighted by Gasteiger charge is 2.28. The first-order chi connectivity index (χ1) is 9.40. The second kappa shape index (κ2) is 7.48. The molecule has 0 N–H and O–H groups in total. The van der Waals surface area contributed by atoms with Gasteiger partial charge < -0.3 is 4.42 Å². The Balaban J connectivity index is 3.08. The molecule has 1 heterocycles. The topological polar surface area (TPSA) is 50.5 Å². The fourth-order valence-corrected chi connectivity index (χ4v) is 4.06. The molecule has 0 radical (unpaired) electrons. The molecule has 0 aliphatic carbocycles. The van der Waals surface area contributed by atoms with Gasteiger partial charge in [0.25, 0.3) is 0 Å². The summed E-state index contributed by atoms with van der Waals surface area (Å²) in [6.07, 6.45) is 1.94. The van der Waals surface area contributed by atoms with Crippen LogP contribution in [0.3, 0.4) is 0 Å². The van der Waals surface area contributed by atoms with Crippen LogP contribution < -0.4 is 0 Å². The van der Waals surface area contributed by atoms with Crippen LogP contribution in [0.2, 0.25) is 0 Å². The van der Waals surface area contributed by atoms with Gasteiger partial charge in [0.1, 0.15) is 16.4 Å². The van der Waals surface area contributed by atoms with E-state index in [0.29, 0.717) is 30.5 Å². The molecule has 0 aromatic carbocycles. The van der Waals surface area contributed by atoms with Crippen molar-refractivity contribution in [2.24, 2.45) is 5.92 Å². The second-order valence-corrected chi connectivity index (χ2v) is 7.08. The first-order valence-electron chi connectivity index (χ1n) is 7.05. The zero-order chi connectivity index (χ0) is 15.3. The molecule has 1 aromatic rings. The molecule has 1 rings (SSSR count). The quantitative estimate of drug-likeness (QED) is 0.685. The molecular formula is C14H24ClNO3S. The maximum Gasteiger partial charge on any atom is 0.246 e. The van der Waals surface area contributed by atoms with Crippen LogP contribution in [0.15, 0.2) is 15.4 Å². The molecule has 116 valence electrons. The summed E-state index contributed by atoms with van der Waals surface area (Å²) >= 11 is 5.70. The number of hydrogen-bond donors (Lipinski definition) is 0. The molecule has 20 heavy (non-hydrogen) atoms. The number of furan rings is 1. The number of sulfonamides is 1. The largest absolute Gasteiger partial charge is 0.464 e. The highest BCUT2D eigenvalue weighted by atomic mass is 35.5. The van der Waals surface area contributed by atoms with Crippen molar-refractivity contribution in [3.05, 3.63) is 17.6 Å². The van der Waals surface area contributed by atoms with Crippen molar-refractivity contribution in [3.63, 3.8) is 0 Å². The van der Waals surface area contributed by atoms with Crippen LogP contribution in [0.5, 0.6) is 0 Å². The molecule has 0 amide bonds. The fraction of sp³-hybridized carbons (Fsp3) is 0.714. The van der Waals surface area contributed by atoms with Crippen LogP contribution in [-0.2, 0) is 15.9 Å². The molecule has 0 fully saturated rings. The van der Waals surface area contributed by atoms with Gasteiger partial charge >= 0.3 is 0 Å².